The van der Waals surface area contributed by atoms with Gasteiger partial charge in [-0.2, -0.15) is 4.39 Å². The molecule has 2 N–H and O–H groups in total. The van der Waals surface area contributed by atoms with E-state index in [0.29, 0.717) is 5.69 Å². The van der Waals surface area contributed by atoms with E-state index in [9.17, 15) is 18.7 Å². The fourth-order valence-corrected chi connectivity index (χ4v) is 3.32. The summed E-state index contributed by atoms with van der Waals surface area (Å²) in [7, 11) is -1.66. The predicted molar refractivity (Wildman–Crippen MR) is 79.0 cm³/mol. The highest BCUT2D eigenvalue weighted by molar-refractivity contribution is 7.84. The van der Waals surface area contributed by atoms with Crippen molar-refractivity contribution in [3.05, 3.63) is 62.9 Å². The number of nitrogens with zero attached hydrogens (tertiary/aromatic N) is 1. The monoisotopic (exact) mass is 328 g/mol. The van der Waals surface area contributed by atoms with E-state index in [-0.39, 0.29) is 21.2 Å². The first kappa shape index (κ1) is 15.4. The molecule has 0 aliphatic rings. The minimum absolute atomic E-state index is 0.0129. The standard InChI is InChI=1S/C13H10ClFN2O3S/c14-10-5-4-9(16)6-12(10)21(20)7-8-2-1-3-11(13(8)15)17(18)19/h1-6H,7,16H2. The van der Waals surface area contributed by atoms with E-state index in [1.165, 1.54) is 24.3 Å². The number of halogens is 2. The minimum atomic E-state index is -1.66. The Bertz CT molecular complexity index is 739. The third-order valence-corrected chi connectivity index (χ3v) is 4.59. The first-order valence-electron chi connectivity index (χ1n) is 5.75. The summed E-state index contributed by atoms with van der Waals surface area (Å²) in [5.74, 6) is -1.22. The number of anilines is 1. The van der Waals surface area contributed by atoms with Crippen molar-refractivity contribution in [2.75, 3.05) is 5.73 Å². The lowest BCUT2D eigenvalue weighted by Gasteiger charge is -2.07. The van der Waals surface area contributed by atoms with Gasteiger partial charge in [0, 0.05) is 17.3 Å². The third-order valence-electron chi connectivity index (χ3n) is 2.74. The summed E-state index contributed by atoms with van der Waals surface area (Å²) in [5, 5.41) is 10.9. The lowest BCUT2D eigenvalue weighted by molar-refractivity contribution is -0.387. The summed E-state index contributed by atoms with van der Waals surface area (Å²) in [6, 6.07) is 8.23. The number of benzene rings is 2. The van der Waals surface area contributed by atoms with Gasteiger partial charge in [-0.25, -0.2) is 0 Å². The number of hydrogen-bond acceptors (Lipinski definition) is 4. The van der Waals surface area contributed by atoms with Crippen molar-refractivity contribution in [2.24, 2.45) is 0 Å². The van der Waals surface area contributed by atoms with Crippen LogP contribution in [0.1, 0.15) is 5.56 Å². The molecule has 0 saturated heterocycles. The normalized spacial score (nSPS) is 12.1. The molecule has 2 aromatic carbocycles. The SMILES string of the molecule is Nc1ccc(Cl)c(S(=O)Cc2cccc([N+](=O)[O-])c2F)c1. The van der Waals surface area contributed by atoms with Crippen LogP contribution in [-0.2, 0) is 16.6 Å². The van der Waals surface area contributed by atoms with Gasteiger partial charge in [-0.3, -0.25) is 14.3 Å². The first-order chi connectivity index (χ1) is 9.90. The zero-order valence-electron chi connectivity index (χ0n) is 10.6. The molecule has 110 valence electrons. The van der Waals surface area contributed by atoms with Gasteiger partial charge in [0.2, 0.25) is 5.82 Å². The van der Waals surface area contributed by atoms with E-state index in [1.807, 2.05) is 0 Å². The Morgan fingerprint density at radius 2 is 2.05 bits per heavy atom. The lowest BCUT2D eigenvalue weighted by atomic mass is 10.2. The van der Waals surface area contributed by atoms with Gasteiger partial charge in [-0.15, -0.1) is 0 Å². The molecule has 8 heteroatoms. The Kier molecular flexibility index (Phi) is 4.54. The molecule has 2 aromatic rings. The lowest BCUT2D eigenvalue weighted by Crippen LogP contribution is -2.03. The number of nitrogens with two attached hydrogens (primary N) is 1. The maximum atomic E-state index is 13.9. The van der Waals surface area contributed by atoms with Crippen molar-refractivity contribution in [3.63, 3.8) is 0 Å². The Morgan fingerprint density at radius 3 is 2.71 bits per heavy atom. The molecule has 0 spiro atoms. The van der Waals surface area contributed by atoms with Crippen LogP contribution in [0.2, 0.25) is 5.02 Å². The van der Waals surface area contributed by atoms with Gasteiger partial charge in [0.15, 0.2) is 0 Å². The van der Waals surface area contributed by atoms with Crippen molar-refractivity contribution in [3.8, 4) is 0 Å². The third kappa shape index (κ3) is 3.37. The zero-order chi connectivity index (χ0) is 15.6. The summed E-state index contributed by atoms with van der Waals surface area (Å²) >= 11 is 5.93. The van der Waals surface area contributed by atoms with Gasteiger partial charge in [0.1, 0.15) is 0 Å². The van der Waals surface area contributed by atoms with Crippen LogP contribution in [0.15, 0.2) is 41.3 Å². The van der Waals surface area contributed by atoms with E-state index in [1.54, 1.807) is 6.07 Å². The van der Waals surface area contributed by atoms with Crippen LogP contribution in [0.5, 0.6) is 0 Å². The van der Waals surface area contributed by atoms with Crippen LogP contribution in [-0.4, -0.2) is 9.13 Å². The van der Waals surface area contributed by atoms with Crippen molar-refractivity contribution < 1.29 is 13.5 Å². The number of hydrogen-bond donors (Lipinski definition) is 1. The van der Waals surface area contributed by atoms with Crippen LogP contribution < -0.4 is 5.73 Å². The van der Waals surface area contributed by atoms with E-state index in [2.05, 4.69) is 0 Å². The second-order valence-electron chi connectivity index (χ2n) is 4.19. The molecule has 0 aliphatic heterocycles. The molecule has 1 unspecified atom stereocenters. The summed E-state index contributed by atoms with van der Waals surface area (Å²) in [6.07, 6.45) is 0. The summed E-state index contributed by atoms with van der Waals surface area (Å²) in [6.45, 7) is 0. The molecular weight excluding hydrogens is 319 g/mol. The Labute approximate surface area is 127 Å². The van der Waals surface area contributed by atoms with Gasteiger partial charge >= 0.3 is 5.69 Å². The summed E-state index contributed by atoms with van der Waals surface area (Å²) in [4.78, 5) is 10.1. The molecule has 0 aliphatic carbocycles. The molecule has 5 nitrogen and oxygen atoms in total. The van der Waals surface area contributed by atoms with E-state index < -0.39 is 27.2 Å². The van der Waals surface area contributed by atoms with Crippen LogP contribution in [0.3, 0.4) is 0 Å². The van der Waals surface area contributed by atoms with Gasteiger partial charge in [0.25, 0.3) is 0 Å². The maximum Gasteiger partial charge on any atom is 0.305 e. The van der Waals surface area contributed by atoms with E-state index in [0.717, 1.165) is 6.07 Å². The smallest absolute Gasteiger partial charge is 0.305 e. The number of nitro benzene ring substituents is 1. The van der Waals surface area contributed by atoms with Crippen LogP contribution in [0.25, 0.3) is 0 Å². The average Bonchev–Trinajstić information content (AvgIpc) is 2.43. The van der Waals surface area contributed by atoms with E-state index >= 15 is 0 Å². The molecule has 0 saturated carbocycles. The molecular formula is C13H10ClFN2O3S. The van der Waals surface area contributed by atoms with Gasteiger partial charge < -0.3 is 5.73 Å². The topological polar surface area (TPSA) is 86.2 Å². The van der Waals surface area contributed by atoms with Crippen LogP contribution >= 0.6 is 11.6 Å². The van der Waals surface area contributed by atoms with Gasteiger partial charge in [-0.05, 0) is 18.2 Å². The molecule has 2 rings (SSSR count). The van der Waals surface area contributed by atoms with Gasteiger partial charge in [0.05, 0.1) is 31.4 Å². The largest absolute Gasteiger partial charge is 0.399 e. The molecule has 0 radical (unpaired) electrons. The average molecular weight is 329 g/mol. The number of rotatable bonds is 4. The molecule has 1 atom stereocenters. The Morgan fingerprint density at radius 1 is 1.33 bits per heavy atom. The van der Waals surface area contributed by atoms with Crippen molar-refractivity contribution >= 4 is 33.8 Å². The second-order valence-corrected chi connectivity index (χ2v) is 6.01. The van der Waals surface area contributed by atoms with Gasteiger partial charge in [-0.1, -0.05) is 23.7 Å². The second kappa shape index (κ2) is 6.19. The summed E-state index contributed by atoms with van der Waals surface area (Å²) in [5.41, 5.74) is 5.31. The molecule has 0 amide bonds. The van der Waals surface area contributed by atoms with Crippen molar-refractivity contribution in [2.45, 2.75) is 10.6 Å². The van der Waals surface area contributed by atoms with Crippen LogP contribution in [0.4, 0.5) is 15.8 Å². The van der Waals surface area contributed by atoms with Crippen molar-refractivity contribution in [1.82, 2.24) is 0 Å². The van der Waals surface area contributed by atoms with E-state index in [4.69, 9.17) is 17.3 Å². The molecule has 21 heavy (non-hydrogen) atoms. The fraction of sp³-hybridized carbons (Fsp3) is 0.0769. The fourth-order valence-electron chi connectivity index (χ4n) is 1.73. The number of nitrogen functional groups attached to an aromatic ring is 1. The molecule has 0 bridgehead atoms. The van der Waals surface area contributed by atoms with Crippen LogP contribution in [0, 0.1) is 15.9 Å². The predicted octanol–water partition coefficient (Wildman–Crippen LogP) is 3.28. The summed E-state index contributed by atoms with van der Waals surface area (Å²) < 4.78 is 26.2. The maximum absolute atomic E-state index is 13.9. The Hall–Kier alpha value is -1.99. The molecule has 0 fully saturated rings. The quantitative estimate of drug-likeness (QED) is 0.530. The zero-order valence-corrected chi connectivity index (χ0v) is 12.2. The Balaban J connectivity index is 2.34. The first-order valence-corrected chi connectivity index (χ1v) is 7.45. The number of nitro groups is 1. The van der Waals surface area contributed by atoms with Crippen molar-refractivity contribution in [1.29, 1.82) is 0 Å². The highest BCUT2D eigenvalue weighted by Gasteiger charge is 2.19. The highest BCUT2D eigenvalue weighted by Crippen LogP contribution is 2.27. The molecule has 0 heterocycles. The minimum Gasteiger partial charge on any atom is -0.399 e. The molecule has 0 aromatic heterocycles. The highest BCUT2D eigenvalue weighted by atomic mass is 35.5.